The first-order chi connectivity index (χ1) is 8.65. The van der Waals surface area contributed by atoms with Crippen molar-refractivity contribution < 1.29 is 9.53 Å². The highest BCUT2D eigenvalue weighted by Gasteiger charge is 2.10. The smallest absolute Gasteiger partial charge is 0.150 e. The lowest BCUT2D eigenvalue weighted by Gasteiger charge is -2.12. The van der Waals surface area contributed by atoms with E-state index in [4.69, 9.17) is 10.5 Å². The first-order valence-corrected chi connectivity index (χ1v) is 5.65. The van der Waals surface area contributed by atoms with E-state index in [2.05, 4.69) is 0 Å². The van der Waals surface area contributed by atoms with Gasteiger partial charge >= 0.3 is 0 Å². The number of ether oxygens (including phenoxy) is 1. The number of methoxy groups -OCH3 is 1. The van der Waals surface area contributed by atoms with E-state index in [0.717, 1.165) is 23.0 Å². The molecule has 2 aromatic carbocycles. The van der Waals surface area contributed by atoms with Gasteiger partial charge in [0.25, 0.3) is 0 Å². The van der Waals surface area contributed by atoms with Gasteiger partial charge < -0.3 is 10.5 Å². The molecule has 3 heteroatoms. The molecule has 0 aliphatic rings. The van der Waals surface area contributed by atoms with E-state index in [9.17, 15) is 4.79 Å². The number of rotatable bonds is 3. The van der Waals surface area contributed by atoms with Crippen LogP contribution in [0.3, 0.4) is 0 Å². The summed E-state index contributed by atoms with van der Waals surface area (Å²) in [4.78, 5) is 10.9. The van der Waals surface area contributed by atoms with Gasteiger partial charge in [0.2, 0.25) is 0 Å². The minimum Gasteiger partial charge on any atom is -0.496 e. The highest BCUT2D eigenvalue weighted by atomic mass is 16.5. The molecule has 0 amide bonds. The molecule has 0 aromatic heterocycles. The van der Waals surface area contributed by atoms with Crippen LogP contribution in [0.15, 0.2) is 36.4 Å². The normalized spacial score (nSPS) is 10.1. The standard InChI is InChI=1S/C15H15NO2/c1-10-3-5-12(14(16)7-10)13-8-11(9-17)4-6-15(13)18-2/h3-9H,16H2,1-2H3. The molecule has 0 aliphatic heterocycles. The molecule has 0 radical (unpaired) electrons. The van der Waals surface area contributed by atoms with Crippen LogP contribution in [-0.4, -0.2) is 13.4 Å². The summed E-state index contributed by atoms with van der Waals surface area (Å²) in [5.74, 6) is 0.705. The van der Waals surface area contributed by atoms with E-state index < -0.39 is 0 Å². The fourth-order valence-electron chi connectivity index (χ4n) is 1.94. The third-order valence-electron chi connectivity index (χ3n) is 2.86. The third kappa shape index (κ3) is 2.20. The van der Waals surface area contributed by atoms with Gasteiger partial charge in [-0.25, -0.2) is 0 Å². The van der Waals surface area contributed by atoms with Crippen molar-refractivity contribution in [2.24, 2.45) is 0 Å². The Bertz CT molecular complexity index is 591. The van der Waals surface area contributed by atoms with Crippen molar-refractivity contribution >= 4 is 12.0 Å². The second-order valence-corrected chi connectivity index (χ2v) is 4.17. The molecule has 0 unspecified atom stereocenters. The van der Waals surface area contributed by atoms with E-state index in [1.54, 1.807) is 25.3 Å². The van der Waals surface area contributed by atoms with Crippen LogP contribution in [0.2, 0.25) is 0 Å². The fourth-order valence-corrected chi connectivity index (χ4v) is 1.94. The number of carbonyl (C=O) groups excluding carboxylic acids is 1. The van der Waals surface area contributed by atoms with Gasteiger partial charge in [0.15, 0.2) is 0 Å². The molecule has 0 aliphatic carbocycles. The maximum Gasteiger partial charge on any atom is 0.150 e. The summed E-state index contributed by atoms with van der Waals surface area (Å²) >= 11 is 0. The van der Waals surface area contributed by atoms with E-state index in [1.165, 1.54) is 0 Å². The van der Waals surface area contributed by atoms with Gasteiger partial charge in [-0.2, -0.15) is 0 Å². The number of hydrogen-bond donors (Lipinski definition) is 1. The lowest BCUT2D eigenvalue weighted by molar-refractivity contribution is 0.112. The van der Waals surface area contributed by atoms with Crippen LogP contribution in [0, 0.1) is 6.92 Å². The predicted octanol–water partition coefficient (Wildman–Crippen LogP) is 3.07. The van der Waals surface area contributed by atoms with E-state index in [0.29, 0.717) is 17.0 Å². The van der Waals surface area contributed by atoms with Crippen LogP contribution in [0.5, 0.6) is 5.75 Å². The molecule has 0 saturated carbocycles. The Morgan fingerprint density at radius 2 is 1.89 bits per heavy atom. The Labute approximate surface area is 106 Å². The summed E-state index contributed by atoms with van der Waals surface area (Å²) < 4.78 is 5.31. The van der Waals surface area contributed by atoms with Crippen molar-refractivity contribution in [3.63, 3.8) is 0 Å². The predicted molar refractivity (Wildman–Crippen MR) is 73.0 cm³/mol. The zero-order valence-electron chi connectivity index (χ0n) is 10.4. The number of aldehydes is 1. The number of hydrogen-bond acceptors (Lipinski definition) is 3. The Kier molecular flexibility index (Phi) is 3.33. The molecule has 2 rings (SSSR count). The van der Waals surface area contributed by atoms with Gasteiger partial charge in [-0.05, 0) is 36.8 Å². The summed E-state index contributed by atoms with van der Waals surface area (Å²) in [6, 6.07) is 11.1. The molecule has 0 saturated heterocycles. The summed E-state index contributed by atoms with van der Waals surface area (Å²) in [7, 11) is 1.60. The van der Waals surface area contributed by atoms with Gasteiger partial charge in [-0.15, -0.1) is 0 Å². The fraction of sp³-hybridized carbons (Fsp3) is 0.133. The quantitative estimate of drug-likeness (QED) is 0.663. The summed E-state index contributed by atoms with van der Waals surface area (Å²) in [5, 5.41) is 0. The van der Waals surface area contributed by atoms with Gasteiger partial charge in [-0.3, -0.25) is 4.79 Å². The van der Waals surface area contributed by atoms with Crippen LogP contribution < -0.4 is 10.5 Å². The molecule has 0 atom stereocenters. The second-order valence-electron chi connectivity index (χ2n) is 4.17. The van der Waals surface area contributed by atoms with Crippen LogP contribution in [0.25, 0.3) is 11.1 Å². The SMILES string of the molecule is COc1ccc(C=O)cc1-c1ccc(C)cc1N. The van der Waals surface area contributed by atoms with Crippen molar-refractivity contribution in [2.75, 3.05) is 12.8 Å². The molecule has 2 aromatic rings. The van der Waals surface area contributed by atoms with Gasteiger partial charge in [-0.1, -0.05) is 12.1 Å². The summed E-state index contributed by atoms with van der Waals surface area (Å²) in [6.45, 7) is 1.99. The Hall–Kier alpha value is -2.29. The number of benzene rings is 2. The lowest BCUT2D eigenvalue weighted by Crippen LogP contribution is -1.95. The number of anilines is 1. The monoisotopic (exact) mass is 241 g/mol. The number of aryl methyl sites for hydroxylation is 1. The van der Waals surface area contributed by atoms with E-state index in [1.807, 2.05) is 25.1 Å². The Balaban J connectivity index is 2.64. The van der Waals surface area contributed by atoms with Crippen molar-refractivity contribution in [2.45, 2.75) is 6.92 Å². The Morgan fingerprint density at radius 1 is 1.11 bits per heavy atom. The molecule has 2 N–H and O–H groups in total. The molecular formula is C15H15NO2. The zero-order valence-corrected chi connectivity index (χ0v) is 10.4. The van der Waals surface area contributed by atoms with Crippen LogP contribution in [0.1, 0.15) is 15.9 Å². The molecule has 0 fully saturated rings. The molecule has 3 nitrogen and oxygen atoms in total. The molecular weight excluding hydrogens is 226 g/mol. The van der Waals surface area contributed by atoms with Crippen LogP contribution in [0.4, 0.5) is 5.69 Å². The first kappa shape index (κ1) is 12.2. The minimum atomic E-state index is 0.603. The molecule has 0 bridgehead atoms. The average Bonchev–Trinajstić information content (AvgIpc) is 2.38. The van der Waals surface area contributed by atoms with Gasteiger partial charge in [0, 0.05) is 22.4 Å². The molecule has 0 spiro atoms. The van der Waals surface area contributed by atoms with Crippen molar-refractivity contribution in [1.29, 1.82) is 0 Å². The van der Waals surface area contributed by atoms with Crippen LogP contribution >= 0.6 is 0 Å². The van der Waals surface area contributed by atoms with E-state index >= 15 is 0 Å². The van der Waals surface area contributed by atoms with Crippen molar-refractivity contribution in [3.8, 4) is 16.9 Å². The lowest BCUT2D eigenvalue weighted by atomic mass is 9.99. The third-order valence-corrected chi connectivity index (χ3v) is 2.86. The first-order valence-electron chi connectivity index (χ1n) is 5.65. The van der Waals surface area contributed by atoms with Crippen molar-refractivity contribution in [1.82, 2.24) is 0 Å². The van der Waals surface area contributed by atoms with Crippen molar-refractivity contribution in [3.05, 3.63) is 47.5 Å². The van der Waals surface area contributed by atoms with Gasteiger partial charge in [0.1, 0.15) is 12.0 Å². The summed E-state index contributed by atoms with van der Waals surface area (Å²) in [5.41, 5.74) is 10.1. The number of carbonyl (C=O) groups is 1. The zero-order chi connectivity index (χ0) is 13.1. The highest BCUT2D eigenvalue weighted by molar-refractivity contribution is 5.85. The van der Waals surface area contributed by atoms with Crippen LogP contribution in [-0.2, 0) is 0 Å². The topological polar surface area (TPSA) is 52.3 Å². The molecule has 92 valence electrons. The second kappa shape index (κ2) is 4.92. The average molecular weight is 241 g/mol. The summed E-state index contributed by atoms with van der Waals surface area (Å²) in [6.07, 6.45) is 0.813. The molecule has 18 heavy (non-hydrogen) atoms. The number of nitrogens with two attached hydrogens (primary N) is 1. The molecule has 0 heterocycles. The largest absolute Gasteiger partial charge is 0.496 e. The maximum atomic E-state index is 10.9. The minimum absolute atomic E-state index is 0.603. The highest BCUT2D eigenvalue weighted by Crippen LogP contribution is 2.34. The maximum absolute atomic E-state index is 10.9. The Morgan fingerprint density at radius 3 is 2.50 bits per heavy atom. The van der Waals surface area contributed by atoms with Gasteiger partial charge in [0.05, 0.1) is 7.11 Å². The number of nitrogen functional groups attached to an aromatic ring is 1. The van der Waals surface area contributed by atoms with E-state index in [-0.39, 0.29) is 0 Å².